The van der Waals surface area contributed by atoms with Gasteiger partial charge < -0.3 is 9.88 Å². The summed E-state index contributed by atoms with van der Waals surface area (Å²) in [5.41, 5.74) is 1.56. The number of anilines is 1. The number of fused-ring (bicyclic) bond motifs is 1. The zero-order chi connectivity index (χ0) is 26.0. The summed E-state index contributed by atoms with van der Waals surface area (Å²) in [6, 6.07) is 14.0. The van der Waals surface area contributed by atoms with Gasteiger partial charge in [0.1, 0.15) is 5.82 Å². The van der Waals surface area contributed by atoms with E-state index in [1.54, 1.807) is 22.8 Å². The van der Waals surface area contributed by atoms with Crippen LogP contribution < -0.4 is 16.6 Å². The molecule has 0 aliphatic carbocycles. The van der Waals surface area contributed by atoms with E-state index in [9.17, 15) is 18.8 Å². The molecule has 10 heteroatoms. The number of hydrogen-bond donors (Lipinski definition) is 1. The zero-order valence-corrected chi connectivity index (χ0v) is 21.4. The molecule has 1 N–H and O–H groups in total. The van der Waals surface area contributed by atoms with Crippen molar-refractivity contribution in [1.29, 1.82) is 0 Å². The molecular weight excluding hydrogens is 481 g/mol. The van der Waals surface area contributed by atoms with Gasteiger partial charge in [0.25, 0.3) is 5.56 Å². The molecule has 0 radical (unpaired) electrons. The van der Waals surface area contributed by atoms with Crippen molar-refractivity contribution in [3.63, 3.8) is 0 Å². The molecule has 4 rings (SSSR count). The van der Waals surface area contributed by atoms with E-state index in [0.29, 0.717) is 22.3 Å². The van der Waals surface area contributed by atoms with Gasteiger partial charge in [-0.2, -0.15) is 0 Å². The fourth-order valence-corrected chi connectivity index (χ4v) is 4.73. The molecule has 4 aromatic rings. The van der Waals surface area contributed by atoms with Crippen LogP contribution in [0.5, 0.6) is 0 Å². The highest BCUT2D eigenvalue weighted by atomic mass is 32.2. The Morgan fingerprint density at radius 3 is 2.44 bits per heavy atom. The highest BCUT2D eigenvalue weighted by Gasteiger charge is 2.21. The van der Waals surface area contributed by atoms with E-state index in [1.165, 1.54) is 30.3 Å². The standard InChI is InChI=1S/C26H28FN5O3S/c1-5-16(2)17-10-12-19(13-11-17)28-21(33)15-36-25-29-23-22(24(34)31(4)26(35)30(23)3)32(25)14-18-8-6-7-9-20(18)27/h6-13,16H,5,14-15H2,1-4H3,(H,28,33)/t16-/m1/s1. The summed E-state index contributed by atoms with van der Waals surface area (Å²) in [5, 5.41) is 3.21. The van der Waals surface area contributed by atoms with Gasteiger partial charge in [0.2, 0.25) is 5.91 Å². The smallest absolute Gasteiger partial charge is 0.325 e. The molecule has 0 aliphatic rings. The lowest BCUT2D eigenvalue weighted by Crippen LogP contribution is -2.37. The third-order valence-corrected chi connectivity index (χ3v) is 7.28. The molecule has 0 unspecified atom stereocenters. The second-order valence-electron chi connectivity index (χ2n) is 8.72. The fourth-order valence-electron chi connectivity index (χ4n) is 3.94. The second-order valence-corrected chi connectivity index (χ2v) is 9.66. The van der Waals surface area contributed by atoms with Crippen LogP contribution in [0.2, 0.25) is 0 Å². The Kier molecular flexibility index (Phi) is 7.44. The van der Waals surface area contributed by atoms with Crippen molar-refractivity contribution in [3.8, 4) is 0 Å². The van der Waals surface area contributed by atoms with Crippen LogP contribution in [0.4, 0.5) is 10.1 Å². The van der Waals surface area contributed by atoms with Crippen LogP contribution in [0.3, 0.4) is 0 Å². The molecule has 2 heterocycles. The SMILES string of the molecule is CC[C@@H](C)c1ccc(NC(=O)CSc2nc3c(c(=O)n(C)c(=O)n3C)n2Cc2ccccc2F)cc1. The molecule has 188 valence electrons. The predicted molar refractivity (Wildman–Crippen MR) is 140 cm³/mol. The third-order valence-electron chi connectivity index (χ3n) is 6.31. The Morgan fingerprint density at radius 2 is 1.78 bits per heavy atom. The Hall–Kier alpha value is -3.66. The largest absolute Gasteiger partial charge is 0.332 e. The summed E-state index contributed by atoms with van der Waals surface area (Å²) in [5.74, 6) is -0.211. The first-order valence-corrected chi connectivity index (χ1v) is 12.6. The number of thioether (sulfide) groups is 1. The highest BCUT2D eigenvalue weighted by molar-refractivity contribution is 7.99. The van der Waals surface area contributed by atoms with E-state index in [1.807, 2.05) is 24.3 Å². The first kappa shape index (κ1) is 25.4. The summed E-state index contributed by atoms with van der Waals surface area (Å²) in [6.45, 7) is 4.31. The van der Waals surface area contributed by atoms with Gasteiger partial charge in [-0.3, -0.25) is 18.7 Å². The van der Waals surface area contributed by atoms with Crippen molar-refractivity contribution in [2.45, 2.75) is 37.9 Å². The molecular formula is C26H28FN5O3S. The number of carbonyl (C=O) groups is 1. The van der Waals surface area contributed by atoms with Crippen molar-refractivity contribution in [2.24, 2.45) is 14.1 Å². The van der Waals surface area contributed by atoms with Crippen LogP contribution in [0.1, 0.15) is 37.3 Å². The lowest BCUT2D eigenvalue weighted by Gasteiger charge is -2.11. The number of nitrogens with zero attached hydrogens (tertiary/aromatic N) is 4. The number of imidazole rings is 1. The van der Waals surface area contributed by atoms with Crippen LogP contribution in [0.15, 0.2) is 63.3 Å². The average Bonchev–Trinajstić information content (AvgIpc) is 3.24. The minimum absolute atomic E-state index is 0.0158. The number of hydrogen-bond acceptors (Lipinski definition) is 5. The molecule has 2 aromatic carbocycles. The van der Waals surface area contributed by atoms with E-state index < -0.39 is 17.1 Å². The van der Waals surface area contributed by atoms with Crippen LogP contribution in [-0.2, 0) is 25.4 Å². The summed E-state index contributed by atoms with van der Waals surface area (Å²) < 4.78 is 18.3. The summed E-state index contributed by atoms with van der Waals surface area (Å²) in [6.07, 6.45) is 1.03. The Labute approximate surface area is 211 Å². The third kappa shape index (κ3) is 4.99. The van der Waals surface area contributed by atoms with E-state index in [4.69, 9.17) is 0 Å². The number of amides is 1. The fraction of sp³-hybridized carbons (Fsp3) is 0.308. The van der Waals surface area contributed by atoms with Gasteiger partial charge in [-0.25, -0.2) is 14.2 Å². The van der Waals surface area contributed by atoms with Gasteiger partial charge in [-0.15, -0.1) is 0 Å². The molecule has 8 nitrogen and oxygen atoms in total. The maximum atomic E-state index is 14.5. The van der Waals surface area contributed by atoms with Crippen LogP contribution in [0, 0.1) is 5.82 Å². The molecule has 36 heavy (non-hydrogen) atoms. The van der Waals surface area contributed by atoms with E-state index in [0.717, 1.165) is 22.7 Å². The Morgan fingerprint density at radius 1 is 1.08 bits per heavy atom. The first-order chi connectivity index (χ1) is 17.2. The molecule has 1 amide bonds. The molecule has 0 spiro atoms. The van der Waals surface area contributed by atoms with Crippen molar-refractivity contribution >= 4 is 34.5 Å². The normalized spacial score (nSPS) is 12.1. The van der Waals surface area contributed by atoms with E-state index >= 15 is 0 Å². The van der Waals surface area contributed by atoms with E-state index in [2.05, 4.69) is 24.1 Å². The van der Waals surface area contributed by atoms with Crippen molar-refractivity contribution < 1.29 is 9.18 Å². The Bertz CT molecular complexity index is 1540. The minimum atomic E-state index is -0.533. The maximum absolute atomic E-state index is 14.5. The van der Waals surface area contributed by atoms with Crippen LogP contribution in [-0.4, -0.2) is 30.3 Å². The van der Waals surface area contributed by atoms with E-state index in [-0.39, 0.29) is 29.4 Å². The summed E-state index contributed by atoms with van der Waals surface area (Å²) in [7, 11) is 2.91. The summed E-state index contributed by atoms with van der Waals surface area (Å²) in [4.78, 5) is 42.6. The molecule has 0 bridgehead atoms. The zero-order valence-electron chi connectivity index (χ0n) is 20.6. The van der Waals surface area contributed by atoms with Gasteiger partial charge in [0, 0.05) is 25.3 Å². The number of nitrogens with one attached hydrogen (secondary N) is 1. The lowest BCUT2D eigenvalue weighted by atomic mass is 9.99. The molecule has 2 aromatic heterocycles. The number of rotatable bonds is 8. The maximum Gasteiger partial charge on any atom is 0.332 e. The minimum Gasteiger partial charge on any atom is -0.325 e. The Balaban J connectivity index is 1.63. The van der Waals surface area contributed by atoms with Crippen molar-refractivity contribution in [2.75, 3.05) is 11.1 Å². The second kappa shape index (κ2) is 10.5. The van der Waals surface area contributed by atoms with Gasteiger partial charge >= 0.3 is 5.69 Å². The van der Waals surface area contributed by atoms with Crippen molar-refractivity contribution in [3.05, 3.63) is 86.3 Å². The van der Waals surface area contributed by atoms with Gasteiger partial charge in [-0.05, 0) is 36.1 Å². The predicted octanol–water partition coefficient (Wildman–Crippen LogP) is 3.87. The molecule has 0 aliphatic heterocycles. The number of benzene rings is 2. The number of aryl methyl sites for hydroxylation is 1. The molecule has 0 fully saturated rings. The summed E-state index contributed by atoms with van der Waals surface area (Å²) >= 11 is 1.12. The molecule has 0 saturated heterocycles. The number of halogens is 1. The first-order valence-electron chi connectivity index (χ1n) is 11.6. The highest BCUT2D eigenvalue weighted by Crippen LogP contribution is 2.25. The van der Waals surface area contributed by atoms with Gasteiger partial charge in [-0.1, -0.05) is 55.9 Å². The quantitative estimate of drug-likeness (QED) is 0.364. The van der Waals surface area contributed by atoms with Gasteiger partial charge in [0.15, 0.2) is 16.3 Å². The number of carbonyl (C=O) groups excluding carboxylic acids is 1. The monoisotopic (exact) mass is 509 g/mol. The van der Waals surface area contributed by atoms with Crippen molar-refractivity contribution in [1.82, 2.24) is 18.7 Å². The van der Waals surface area contributed by atoms with Crippen LogP contribution in [0.25, 0.3) is 11.2 Å². The number of aromatic nitrogens is 4. The topological polar surface area (TPSA) is 90.9 Å². The lowest BCUT2D eigenvalue weighted by molar-refractivity contribution is -0.113. The molecule has 0 saturated carbocycles. The average molecular weight is 510 g/mol. The molecule has 1 atom stereocenters. The van der Waals surface area contributed by atoms with Crippen LogP contribution >= 0.6 is 11.8 Å². The van der Waals surface area contributed by atoms with Gasteiger partial charge in [0.05, 0.1) is 12.3 Å².